The van der Waals surface area contributed by atoms with Crippen molar-refractivity contribution in [2.45, 2.75) is 113 Å². The highest BCUT2D eigenvalue weighted by Gasteiger charge is 2.32. The number of benzene rings is 1. The molecule has 2 aliphatic heterocycles. The maximum absolute atomic E-state index is 6.02. The highest BCUT2D eigenvalue weighted by molar-refractivity contribution is 5.64. The third-order valence-corrected chi connectivity index (χ3v) is 8.38. The molecule has 0 spiro atoms. The largest absolute Gasteiger partial charge is 0.372 e. The van der Waals surface area contributed by atoms with Gasteiger partial charge in [-0.25, -0.2) is 0 Å². The fourth-order valence-electron chi connectivity index (χ4n) is 6.44. The van der Waals surface area contributed by atoms with Crippen LogP contribution in [0.1, 0.15) is 106 Å². The third kappa shape index (κ3) is 8.15. The summed E-state index contributed by atoms with van der Waals surface area (Å²) >= 11 is 0. The summed E-state index contributed by atoms with van der Waals surface area (Å²) in [7, 11) is 0. The lowest BCUT2D eigenvalue weighted by Gasteiger charge is -2.42. The molecule has 37 heavy (non-hydrogen) atoms. The molecular weight excluding hydrogens is 454 g/mol. The standard InChI is InChI=1S/C31H51N3O.C2H6/c1-23(20-30(4,5)6)32-15-17-33(18-16-32)29-10-9-27(34-21-24(2)35-25(3)22-34)19-28(29)26-11-13-31(7,8)14-12-26;1-2/h9-10,19,24-26H,1,11-18,20-22H2,2-8H3;1-2H3. The second kappa shape index (κ2) is 12.5. The third-order valence-electron chi connectivity index (χ3n) is 8.38. The van der Waals surface area contributed by atoms with E-state index in [2.05, 4.69) is 87.9 Å². The van der Waals surface area contributed by atoms with Crippen LogP contribution >= 0.6 is 0 Å². The van der Waals surface area contributed by atoms with E-state index in [9.17, 15) is 0 Å². The molecule has 0 bridgehead atoms. The molecule has 2 atom stereocenters. The van der Waals surface area contributed by atoms with Crippen molar-refractivity contribution in [1.82, 2.24) is 4.90 Å². The van der Waals surface area contributed by atoms with Crippen molar-refractivity contribution >= 4 is 11.4 Å². The van der Waals surface area contributed by atoms with Gasteiger partial charge in [0.05, 0.1) is 12.2 Å². The van der Waals surface area contributed by atoms with Gasteiger partial charge in [-0.3, -0.25) is 0 Å². The van der Waals surface area contributed by atoms with Crippen LogP contribution in [0.2, 0.25) is 0 Å². The van der Waals surface area contributed by atoms with E-state index >= 15 is 0 Å². The van der Waals surface area contributed by atoms with Crippen LogP contribution < -0.4 is 9.80 Å². The molecule has 3 aliphatic rings. The lowest BCUT2D eigenvalue weighted by Crippen LogP contribution is -2.47. The Balaban J connectivity index is 0.00000186. The molecule has 0 amide bonds. The maximum Gasteiger partial charge on any atom is 0.0726 e. The Kier molecular flexibility index (Phi) is 10.1. The van der Waals surface area contributed by atoms with Crippen LogP contribution in [0.3, 0.4) is 0 Å². The fraction of sp³-hybridized carbons (Fsp3) is 0.758. The van der Waals surface area contributed by atoms with Crippen LogP contribution in [-0.2, 0) is 4.74 Å². The molecule has 4 nitrogen and oxygen atoms in total. The second-order valence-electron chi connectivity index (χ2n) is 13.6. The summed E-state index contributed by atoms with van der Waals surface area (Å²) in [5, 5.41) is 0. The van der Waals surface area contributed by atoms with E-state index in [-0.39, 0.29) is 12.2 Å². The van der Waals surface area contributed by atoms with Crippen molar-refractivity contribution in [2.24, 2.45) is 10.8 Å². The molecule has 1 saturated carbocycles. The fourth-order valence-corrected chi connectivity index (χ4v) is 6.44. The number of ether oxygens (including phenoxy) is 1. The molecule has 1 aliphatic carbocycles. The van der Waals surface area contributed by atoms with Crippen molar-refractivity contribution in [3.8, 4) is 0 Å². The quantitative estimate of drug-likeness (QED) is 0.398. The van der Waals surface area contributed by atoms with Gasteiger partial charge in [-0.2, -0.15) is 0 Å². The number of piperazine rings is 1. The number of hydrogen-bond donors (Lipinski definition) is 0. The van der Waals surface area contributed by atoms with E-state index in [0.717, 1.165) is 45.7 Å². The molecule has 4 heteroatoms. The summed E-state index contributed by atoms with van der Waals surface area (Å²) in [4.78, 5) is 7.73. The minimum absolute atomic E-state index is 0.284. The highest BCUT2D eigenvalue weighted by Crippen LogP contribution is 2.46. The van der Waals surface area contributed by atoms with Crippen LogP contribution in [0.4, 0.5) is 11.4 Å². The van der Waals surface area contributed by atoms with Crippen LogP contribution in [0, 0.1) is 10.8 Å². The summed E-state index contributed by atoms with van der Waals surface area (Å²) in [6.45, 7) is 30.9. The summed E-state index contributed by atoms with van der Waals surface area (Å²) in [5.74, 6) is 0.669. The lowest BCUT2D eigenvalue weighted by molar-refractivity contribution is -0.00522. The molecule has 0 radical (unpaired) electrons. The average molecular weight is 512 g/mol. The highest BCUT2D eigenvalue weighted by atomic mass is 16.5. The molecule has 210 valence electrons. The maximum atomic E-state index is 6.02. The summed E-state index contributed by atoms with van der Waals surface area (Å²) in [6.07, 6.45) is 6.91. The van der Waals surface area contributed by atoms with Crippen molar-refractivity contribution in [3.63, 3.8) is 0 Å². The van der Waals surface area contributed by atoms with Gasteiger partial charge < -0.3 is 19.4 Å². The Morgan fingerprint density at radius 1 is 0.946 bits per heavy atom. The first-order valence-electron chi connectivity index (χ1n) is 15.1. The molecule has 3 fully saturated rings. The van der Waals surface area contributed by atoms with E-state index in [4.69, 9.17) is 4.74 Å². The molecule has 1 aromatic carbocycles. The normalized spacial score (nSPS) is 24.9. The number of hydrogen-bond acceptors (Lipinski definition) is 4. The first-order chi connectivity index (χ1) is 17.4. The van der Waals surface area contributed by atoms with Crippen molar-refractivity contribution in [2.75, 3.05) is 49.1 Å². The first-order valence-corrected chi connectivity index (χ1v) is 15.1. The smallest absolute Gasteiger partial charge is 0.0726 e. The van der Waals surface area contributed by atoms with Gasteiger partial charge in [-0.1, -0.05) is 55.0 Å². The summed E-state index contributed by atoms with van der Waals surface area (Å²) in [5.41, 5.74) is 6.54. The predicted molar refractivity (Wildman–Crippen MR) is 162 cm³/mol. The van der Waals surface area contributed by atoms with Gasteiger partial charge >= 0.3 is 0 Å². The first kappa shape index (κ1) is 29.9. The Bertz CT molecular complexity index is 858. The predicted octanol–water partition coefficient (Wildman–Crippen LogP) is 8.08. The van der Waals surface area contributed by atoms with Crippen LogP contribution in [0.15, 0.2) is 30.5 Å². The van der Waals surface area contributed by atoms with Gasteiger partial charge in [0, 0.05) is 56.3 Å². The van der Waals surface area contributed by atoms with Gasteiger partial charge in [-0.05, 0) is 86.5 Å². The molecule has 4 rings (SSSR count). The van der Waals surface area contributed by atoms with Crippen LogP contribution in [0.25, 0.3) is 0 Å². The van der Waals surface area contributed by atoms with Crippen molar-refractivity contribution in [3.05, 3.63) is 36.0 Å². The Hall–Kier alpha value is -1.68. The number of anilines is 2. The van der Waals surface area contributed by atoms with Crippen LogP contribution in [-0.4, -0.2) is 56.4 Å². The van der Waals surface area contributed by atoms with Crippen molar-refractivity contribution in [1.29, 1.82) is 0 Å². The minimum atomic E-state index is 0.284. The monoisotopic (exact) mass is 511 g/mol. The van der Waals surface area contributed by atoms with Gasteiger partial charge in [0.1, 0.15) is 0 Å². The van der Waals surface area contributed by atoms with Crippen molar-refractivity contribution < 1.29 is 4.74 Å². The molecule has 2 saturated heterocycles. The number of nitrogens with zero attached hydrogens (tertiary/aromatic N) is 3. The molecule has 1 aromatic rings. The van der Waals surface area contributed by atoms with Gasteiger partial charge in [0.2, 0.25) is 0 Å². The second-order valence-corrected chi connectivity index (χ2v) is 13.6. The van der Waals surface area contributed by atoms with Crippen LogP contribution in [0.5, 0.6) is 0 Å². The molecule has 0 aromatic heterocycles. The molecule has 2 heterocycles. The Morgan fingerprint density at radius 3 is 2.05 bits per heavy atom. The molecule has 2 unspecified atom stereocenters. The molecular formula is C33H57N3O. The zero-order valence-corrected chi connectivity index (χ0v) is 25.7. The number of morpholine rings is 1. The summed E-state index contributed by atoms with van der Waals surface area (Å²) < 4.78 is 6.02. The lowest BCUT2D eigenvalue weighted by atomic mass is 9.71. The summed E-state index contributed by atoms with van der Waals surface area (Å²) in [6, 6.07) is 7.37. The van der Waals surface area contributed by atoms with Gasteiger partial charge in [0.15, 0.2) is 0 Å². The Labute approximate surface area is 229 Å². The SMILES string of the molecule is C=C(CC(C)(C)C)N1CCN(c2ccc(N3CC(C)OC(C)C3)cc2C2CCC(C)(C)CC2)CC1.CC. The molecule has 0 N–H and O–H groups in total. The van der Waals surface area contributed by atoms with Gasteiger partial charge in [-0.15, -0.1) is 0 Å². The zero-order valence-electron chi connectivity index (χ0n) is 25.7. The van der Waals surface area contributed by atoms with E-state index in [1.165, 1.54) is 42.8 Å². The van der Waals surface area contributed by atoms with E-state index in [1.807, 2.05) is 13.8 Å². The van der Waals surface area contributed by atoms with Gasteiger partial charge in [0.25, 0.3) is 0 Å². The van der Waals surface area contributed by atoms with E-state index in [1.54, 1.807) is 5.56 Å². The average Bonchev–Trinajstić information content (AvgIpc) is 2.83. The number of rotatable bonds is 5. The van der Waals surface area contributed by atoms with E-state index in [0.29, 0.717) is 16.7 Å². The Morgan fingerprint density at radius 2 is 1.51 bits per heavy atom. The minimum Gasteiger partial charge on any atom is -0.372 e. The zero-order chi connectivity index (χ0) is 27.4. The number of allylic oxidation sites excluding steroid dienone is 1. The topological polar surface area (TPSA) is 19.0 Å². The van der Waals surface area contributed by atoms with E-state index < -0.39 is 0 Å².